The number of carbonyl (C=O) groups is 1. The molecule has 2 bridgehead atoms. The highest BCUT2D eigenvalue weighted by Gasteiger charge is 2.50. The van der Waals surface area contributed by atoms with E-state index in [1.807, 2.05) is 6.92 Å². The Bertz CT molecular complexity index is 619. The van der Waals surface area contributed by atoms with Crippen LogP contribution in [0.1, 0.15) is 37.8 Å². The van der Waals surface area contributed by atoms with Crippen LogP contribution in [0.4, 0.5) is 4.39 Å². The normalized spacial score (nSPS) is 32.8. The van der Waals surface area contributed by atoms with Gasteiger partial charge in [-0.25, -0.2) is 9.40 Å². The van der Waals surface area contributed by atoms with Crippen LogP contribution in [-0.4, -0.2) is 40.7 Å². The monoisotopic (exact) mass is 301 g/mol. The average molecular weight is 301 g/mol. The van der Waals surface area contributed by atoms with Crippen LogP contribution in [0.2, 0.25) is 0 Å². The Balaban J connectivity index is 1.76. The van der Waals surface area contributed by atoms with Gasteiger partial charge in [0.05, 0.1) is 11.8 Å². The lowest BCUT2D eigenvalue weighted by atomic mass is 9.78. The lowest BCUT2D eigenvalue weighted by molar-refractivity contribution is -0.133. The average Bonchev–Trinajstić information content (AvgIpc) is 2.98. The second kappa shape index (κ2) is 5.16. The predicted octanol–water partition coefficient (Wildman–Crippen LogP) is 2.57. The number of fused-ring (bicyclic) bond motifs is 2. The summed E-state index contributed by atoms with van der Waals surface area (Å²) in [6.45, 7) is 4.00. The predicted molar refractivity (Wildman–Crippen MR) is 81.8 cm³/mol. The molecule has 4 heterocycles. The fourth-order valence-electron chi connectivity index (χ4n) is 4.08. The maximum Gasteiger partial charge on any atom is 0.243 e. The highest BCUT2D eigenvalue weighted by molar-refractivity contribution is 5.97. The second-order valence-corrected chi connectivity index (χ2v) is 6.37. The summed E-state index contributed by atoms with van der Waals surface area (Å²) in [4.78, 5) is 14.8. The van der Waals surface area contributed by atoms with Crippen LogP contribution in [0.25, 0.3) is 0 Å². The Morgan fingerprint density at radius 1 is 1.23 bits per heavy atom. The van der Waals surface area contributed by atoms with Crippen molar-refractivity contribution in [3.8, 4) is 0 Å². The quantitative estimate of drug-likeness (QED) is 0.841. The fourth-order valence-corrected chi connectivity index (χ4v) is 4.08. The van der Waals surface area contributed by atoms with Gasteiger partial charge >= 0.3 is 0 Å². The largest absolute Gasteiger partial charge is 0.293 e. The molecule has 3 saturated heterocycles. The third-order valence-electron chi connectivity index (χ3n) is 5.20. The molecule has 0 aromatic heterocycles. The smallest absolute Gasteiger partial charge is 0.243 e. The first-order valence-corrected chi connectivity index (χ1v) is 8.09. The number of halogens is 1. The van der Waals surface area contributed by atoms with E-state index in [0.717, 1.165) is 37.2 Å². The van der Waals surface area contributed by atoms with Crippen molar-refractivity contribution in [2.24, 2.45) is 11.0 Å². The summed E-state index contributed by atoms with van der Waals surface area (Å²) in [5.74, 6) is 0.297. The van der Waals surface area contributed by atoms with Gasteiger partial charge in [-0.15, -0.1) is 0 Å². The molecule has 1 aromatic carbocycles. The van der Waals surface area contributed by atoms with E-state index in [9.17, 15) is 9.18 Å². The first kappa shape index (κ1) is 13.9. The summed E-state index contributed by atoms with van der Waals surface area (Å²) in [6, 6.07) is 6.59. The zero-order valence-corrected chi connectivity index (χ0v) is 12.7. The van der Waals surface area contributed by atoms with Gasteiger partial charge in [-0.1, -0.05) is 19.1 Å². The van der Waals surface area contributed by atoms with Crippen molar-refractivity contribution in [3.05, 3.63) is 35.6 Å². The fraction of sp³-hybridized carbons (Fsp3) is 0.529. The molecular formula is C17H20FN3O. The molecule has 22 heavy (non-hydrogen) atoms. The van der Waals surface area contributed by atoms with Crippen LogP contribution in [0.15, 0.2) is 29.4 Å². The number of hydrazone groups is 1. The van der Waals surface area contributed by atoms with E-state index >= 15 is 0 Å². The van der Waals surface area contributed by atoms with Gasteiger partial charge in [0, 0.05) is 12.3 Å². The van der Waals surface area contributed by atoms with Crippen molar-refractivity contribution in [1.29, 1.82) is 0 Å². The summed E-state index contributed by atoms with van der Waals surface area (Å²) in [7, 11) is 0. The van der Waals surface area contributed by atoms with E-state index in [0.29, 0.717) is 12.3 Å². The van der Waals surface area contributed by atoms with Gasteiger partial charge in [0.2, 0.25) is 5.91 Å². The lowest BCUT2D eigenvalue weighted by Crippen LogP contribution is -2.56. The van der Waals surface area contributed by atoms with Crippen LogP contribution in [0.5, 0.6) is 0 Å². The topological polar surface area (TPSA) is 35.9 Å². The molecule has 4 aliphatic heterocycles. The number of carbonyl (C=O) groups excluding carboxylic acids is 1. The molecule has 0 saturated carbocycles. The lowest BCUT2D eigenvalue weighted by Gasteiger charge is -2.46. The molecule has 1 aromatic rings. The van der Waals surface area contributed by atoms with E-state index in [1.54, 1.807) is 17.1 Å². The molecule has 4 nitrogen and oxygen atoms in total. The number of hydrogen-bond donors (Lipinski definition) is 0. The van der Waals surface area contributed by atoms with Crippen molar-refractivity contribution in [2.45, 2.75) is 38.3 Å². The first-order chi connectivity index (χ1) is 10.7. The van der Waals surface area contributed by atoms with Crippen LogP contribution in [0, 0.1) is 11.7 Å². The zero-order valence-electron chi connectivity index (χ0n) is 12.7. The zero-order chi connectivity index (χ0) is 15.3. The Morgan fingerprint density at radius 2 is 1.91 bits per heavy atom. The number of piperidine rings is 3. The highest BCUT2D eigenvalue weighted by atomic mass is 19.1. The van der Waals surface area contributed by atoms with Crippen molar-refractivity contribution in [2.75, 3.05) is 13.1 Å². The molecule has 3 fully saturated rings. The Labute approximate surface area is 129 Å². The van der Waals surface area contributed by atoms with E-state index in [4.69, 9.17) is 5.10 Å². The van der Waals surface area contributed by atoms with Crippen molar-refractivity contribution >= 4 is 11.6 Å². The van der Waals surface area contributed by atoms with Crippen molar-refractivity contribution in [3.63, 3.8) is 0 Å². The van der Waals surface area contributed by atoms with Gasteiger partial charge in [-0.05, 0) is 43.6 Å². The van der Waals surface area contributed by atoms with Gasteiger partial charge < -0.3 is 0 Å². The second-order valence-electron chi connectivity index (χ2n) is 6.37. The Morgan fingerprint density at radius 3 is 2.55 bits per heavy atom. The van der Waals surface area contributed by atoms with Crippen molar-refractivity contribution < 1.29 is 9.18 Å². The molecule has 0 spiro atoms. The molecule has 0 radical (unpaired) electrons. The van der Waals surface area contributed by atoms with E-state index in [1.165, 1.54) is 12.1 Å². The molecule has 116 valence electrons. The molecule has 1 amide bonds. The van der Waals surface area contributed by atoms with Crippen molar-refractivity contribution in [1.82, 2.24) is 9.91 Å². The molecule has 2 atom stereocenters. The van der Waals surface area contributed by atoms with E-state index in [-0.39, 0.29) is 23.8 Å². The summed E-state index contributed by atoms with van der Waals surface area (Å²) in [5, 5.41) is 6.37. The highest BCUT2D eigenvalue weighted by Crippen LogP contribution is 2.43. The van der Waals surface area contributed by atoms with Crippen LogP contribution < -0.4 is 0 Å². The molecule has 5 heteroatoms. The van der Waals surface area contributed by atoms with Gasteiger partial charge in [0.25, 0.3) is 0 Å². The summed E-state index contributed by atoms with van der Waals surface area (Å²) >= 11 is 0. The van der Waals surface area contributed by atoms with Gasteiger partial charge in [-0.2, -0.15) is 5.10 Å². The van der Waals surface area contributed by atoms with Gasteiger partial charge in [0.1, 0.15) is 11.9 Å². The standard InChI is InChI=1S/C17H20FN3O/c1-2-14(22)21-16(12-3-5-13(18)6-4-12)17-15(19-21)11-7-9-20(17)10-8-11/h3-6,11,16-17H,2,7-10H2,1H3/t16-,17-/m0/s1. The van der Waals surface area contributed by atoms with Gasteiger partial charge in [0.15, 0.2) is 0 Å². The molecule has 0 aliphatic carbocycles. The minimum Gasteiger partial charge on any atom is -0.293 e. The van der Waals surface area contributed by atoms with Crippen LogP contribution in [0.3, 0.4) is 0 Å². The summed E-state index contributed by atoms with van der Waals surface area (Å²) in [5.41, 5.74) is 2.13. The summed E-state index contributed by atoms with van der Waals surface area (Å²) < 4.78 is 13.3. The maximum absolute atomic E-state index is 13.3. The SMILES string of the molecule is CCC(=O)N1N=C2C3CCN(CC3)[C@@H]2[C@@H]1c1ccc(F)cc1. The molecule has 4 aliphatic rings. The first-order valence-electron chi connectivity index (χ1n) is 8.09. The number of hydrogen-bond acceptors (Lipinski definition) is 3. The third kappa shape index (κ3) is 1.99. The molecule has 0 N–H and O–H groups in total. The maximum atomic E-state index is 13.3. The number of amides is 1. The minimum absolute atomic E-state index is 0.0387. The number of benzene rings is 1. The number of rotatable bonds is 2. The van der Waals surface area contributed by atoms with Crippen LogP contribution in [-0.2, 0) is 4.79 Å². The third-order valence-corrected chi connectivity index (χ3v) is 5.20. The Kier molecular flexibility index (Phi) is 3.26. The summed E-state index contributed by atoms with van der Waals surface area (Å²) in [6.07, 6.45) is 2.71. The van der Waals surface area contributed by atoms with Gasteiger partial charge in [-0.3, -0.25) is 9.69 Å². The molecular weight excluding hydrogens is 281 g/mol. The molecule has 0 unspecified atom stereocenters. The molecule has 5 rings (SSSR count). The van der Waals surface area contributed by atoms with E-state index in [2.05, 4.69) is 4.90 Å². The Hall–Kier alpha value is -1.75. The minimum atomic E-state index is -0.248. The number of nitrogens with zero attached hydrogens (tertiary/aromatic N) is 3. The van der Waals surface area contributed by atoms with E-state index < -0.39 is 0 Å². The van der Waals surface area contributed by atoms with Crippen LogP contribution >= 0.6 is 0 Å².